The zero-order valence-electron chi connectivity index (χ0n) is 16.4. The second-order valence-electron chi connectivity index (χ2n) is 7.58. The molecule has 0 saturated heterocycles. The third kappa shape index (κ3) is 3.78. The largest absolute Gasteiger partial charge is 0.478 e. The van der Waals surface area contributed by atoms with Gasteiger partial charge < -0.3 is 10.0 Å². The maximum atomic E-state index is 13.4. The maximum Gasteiger partial charge on any atom is 0.335 e. The van der Waals surface area contributed by atoms with Crippen molar-refractivity contribution in [2.45, 2.75) is 30.3 Å². The standard InChI is InChI=1S/C21H18FN5O3S/c22-15-4-6-17-13(9-15)7-8-26(17)19(28)11-31-21-23-24-25-27(21)18-5-3-14(20(29)30)10-16(18)12-1-2-12/h3-6,9-10,12H,1-2,7-8,11H2,(H,29,30). The van der Waals surface area contributed by atoms with Gasteiger partial charge in [0.25, 0.3) is 0 Å². The average Bonchev–Trinajstić information content (AvgIpc) is 3.36. The molecule has 8 nitrogen and oxygen atoms in total. The highest BCUT2D eigenvalue weighted by Crippen LogP contribution is 2.43. The molecule has 2 heterocycles. The van der Waals surface area contributed by atoms with E-state index in [1.807, 2.05) is 0 Å². The molecular weight excluding hydrogens is 421 g/mol. The summed E-state index contributed by atoms with van der Waals surface area (Å²) in [5.74, 6) is -0.963. The maximum absolute atomic E-state index is 13.4. The van der Waals surface area contributed by atoms with Gasteiger partial charge in [-0.3, -0.25) is 4.79 Å². The number of tetrazole rings is 1. The van der Waals surface area contributed by atoms with Gasteiger partial charge in [0.2, 0.25) is 11.1 Å². The van der Waals surface area contributed by atoms with Crippen LogP contribution in [0, 0.1) is 5.82 Å². The van der Waals surface area contributed by atoms with Crippen molar-refractivity contribution in [2.75, 3.05) is 17.2 Å². The summed E-state index contributed by atoms with van der Waals surface area (Å²) >= 11 is 1.22. The second kappa shape index (κ2) is 7.77. The third-order valence-electron chi connectivity index (χ3n) is 5.52. The first kappa shape index (κ1) is 19.7. The summed E-state index contributed by atoms with van der Waals surface area (Å²) in [4.78, 5) is 25.8. The van der Waals surface area contributed by atoms with Crippen LogP contribution < -0.4 is 4.90 Å². The lowest BCUT2D eigenvalue weighted by atomic mass is 10.0. The molecule has 3 aromatic rings. The van der Waals surface area contributed by atoms with Crippen molar-refractivity contribution in [1.29, 1.82) is 0 Å². The molecule has 1 fully saturated rings. The quantitative estimate of drug-likeness (QED) is 0.589. The molecule has 1 amide bonds. The van der Waals surface area contributed by atoms with Gasteiger partial charge in [0.1, 0.15) is 5.82 Å². The lowest BCUT2D eigenvalue weighted by Crippen LogP contribution is -2.30. The summed E-state index contributed by atoms with van der Waals surface area (Å²) in [6, 6.07) is 9.39. The fraction of sp³-hybridized carbons (Fsp3) is 0.286. The van der Waals surface area contributed by atoms with Crippen molar-refractivity contribution in [1.82, 2.24) is 20.2 Å². The number of carboxylic acid groups (broad SMARTS) is 1. The van der Waals surface area contributed by atoms with Crippen LogP contribution in [0.5, 0.6) is 0 Å². The molecule has 0 atom stereocenters. The van der Waals surface area contributed by atoms with E-state index in [4.69, 9.17) is 0 Å². The number of rotatable bonds is 6. The van der Waals surface area contributed by atoms with E-state index < -0.39 is 5.97 Å². The Balaban J connectivity index is 1.35. The summed E-state index contributed by atoms with van der Waals surface area (Å²) in [5.41, 5.74) is 3.43. The highest BCUT2D eigenvalue weighted by molar-refractivity contribution is 7.99. The van der Waals surface area contributed by atoms with Crippen LogP contribution in [0.2, 0.25) is 0 Å². The predicted octanol–water partition coefficient (Wildman–Crippen LogP) is 3.06. The van der Waals surface area contributed by atoms with Gasteiger partial charge in [-0.05, 0) is 83.1 Å². The highest BCUT2D eigenvalue weighted by atomic mass is 32.2. The van der Waals surface area contributed by atoms with E-state index in [0.29, 0.717) is 24.0 Å². The van der Waals surface area contributed by atoms with Crippen molar-refractivity contribution < 1.29 is 19.1 Å². The predicted molar refractivity (Wildman–Crippen MR) is 111 cm³/mol. The van der Waals surface area contributed by atoms with Crippen molar-refractivity contribution in [3.63, 3.8) is 0 Å². The number of hydrogen-bond acceptors (Lipinski definition) is 6. The summed E-state index contributed by atoms with van der Waals surface area (Å²) in [5, 5.41) is 21.6. The van der Waals surface area contributed by atoms with Crippen LogP contribution in [0.3, 0.4) is 0 Å². The van der Waals surface area contributed by atoms with E-state index >= 15 is 0 Å². The molecule has 0 radical (unpaired) electrons. The van der Waals surface area contributed by atoms with Crippen LogP contribution in [0.4, 0.5) is 10.1 Å². The fourth-order valence-corrected chi connectivity index (χ4v) is 4.62. The first-order chi connectivity index (χ1) is 15.0. The number of nitrogens with zero attached hydrogens (tertiary/aromatic N) is 5. The highest BCUT2D eigenvalue weighted by Gasteiger charge is 2.29. The summed E-state index contributed by atoms with van der Waals surface area (Å²) in [6.07, 6.45) is 2.62. The van der Waals surface area contributed by atoms with Gasteiger partial charge in [0.05, 0.1) is 17.0 Å². The molecule has 10 heteroatoms. The summed E-state index contributed by atoms with van der Waals surface area (Å²) in [6.45, 7) is 0.519. The Bertz CT molecular complexity index is 1190. The molecule has 0 bridgehead atoms. The number of carbonyl (C=O) groups excluding carboxylic acids is 1. The van der Waals surface area contributed by atoms with Crippen molar-refractivity contribution in [2.24, 2.45) is 0 Å². The number of halogens is 1. The minimum absolute atomic E-state index is 0.103. The van der Waals surface area contributed by atoms with E-state index in [9.17, 15) is 19.1 Å². The molecule has 1 aromatic heterocycles. The first-order valence-corrected chi connectivity index (χ1v) is 10.9. The van der Waals surface area contributed by atoms with Crippen LogP contribution in [-0.2, 0) is 11.2 Å². The Hall–Kier alpha value is -3.27. The fourth-order valence-electron chi connectivity index (χ4n) is 3.86. The first-order valence-electron chi connectivity index (χ1n) is 9.89. The number of hydrogen-bond donors (Lipinski definition) is 1. The van der Waals surface area contributed by atoms with Crippen molar-refractivity contribution in [3.05, 3.63) is 58.9 Å². The van der Waals surface area contributed by atoms with Gasteiger partial charge in [-0.25, -0.2) is 9.18 Å². The number of amides is 1. The van der Waals surface area contributed by atoms with Gasteiger partial charge in [-0.1, -0.05) is 11.8 Å². The molecule has 158 valence electrons. The molecule has 0 spiro atoms. The molecule has 2 aliphatic rings. The lowest BCUT2D eigenvalue weighted by molar-refractivity contribution is -0.116. The van der Waals surface area contributed by atoms with E-state index in [0.717, 1.165) is 35.3 Å². The average molecular weight is 439 g/mol. The molecule has 2 aromatic carbocycles. The molecule has 0 unspecified atom stereocenters. The van der Waals surface area contributed by atoms with Gasteiger partial charge in [-0.2, -0.15) is 4.68 Å². The summed E-state index contributed by atoms with van der Waals surface area (Å²) < 4.78 is 15.0. The van der Waals surface area contributed by atoms with Gasteiger partial charge in [0, 0.05) is 12.2 Å². The number of benzene rings is 2. The third-order valence-corrected chi connectivity index (χ3v) is 6.43. The number of carboxylic acids is 1. The Morgan fingerprint density at radius 3 is 2.74 bits per heavy atom. The molecule has 5 rings (SSSR count). The minimum atomic E-state index is -0.976. The van der Waals surface area contributed by atoms with Crippen molar-refractivity contribution in [3.8, 4) is 5.69 Å². The van der Waals surface area contributed by atoms with Gasteiger partial charge in [-0.15, -0.1) is 5.10 Å². The van der Waals surface area contributed by atoms with E-state index in [1.165, 1.54) is 30.0 Å². The zero-order chi connectivity index (χ0) is 21.5. The Kier molecular flexibility index (Phi) is 4.93. The van der Waals surface area contributed by atoms with E-state index in [-0.39, 0.29) is 23.0 Å². The monoisotopic (exact) mass is 439 g/mol. The Morgan fingerprint density at radius 1 is 1.16 bits per heavy atom. The SMILES string of the molecule is O=C(O)c1ccc(-n2nnnc2SCC(=O)N2CCc3cc(F)ccc32)c(C2CC2)c1. The minimum Gasteiger partial charge on any atom is -0.478 e. The molecule has 1 aliphatic heterocycles. The lowest BCUT2D eigenvalue weighted by Gasteiger charge is -2.17. The Labute approximate surface area is 181 Å². The van der Waals surface area contributed by atoms with Crippen LogP contribution in [0.25, 0.3) is 5.69 Å². The zero-order valence-corrected chi connectivity index (χ0v) is 17.2. The topological polar surface area (TPSA) is 101 Å². The van der Waals surface area contributed by atoms with Crippen LogP contribution in [-0.4, -0.2) is 49.5 Å². The van der Waals surface area contributed by atoms with E-state index in [1.54, 1.807) is 27.8 Å². The normalized spacial score (nSPS) is 15.2. The number of fused-ring (bicyclic) bond motifs is 1. The number of aromatic carboxylic acids is 1. The van der Waals surface area contributed by atoms with E-state index in [2.05, 4.69) is 15.5 Å². The van der Waals surface area contributed by atoms with Crippen LogP contribution in [0.15, 0.2) is 41.6 Å². The number of thioether (sulfide) groups is 1. The smallest absolute Gasteiger partial charge is 0.335 e. The molecular formula is C21H18FN5O3S. The van der Waals surface area contributed by atoms with Crippen LogP contribution in [0.1, 0.15) is 40.2 Å². The van der Waals surface area contributed by atoms with Gasteiger partial charge >= 0.3 is 5.97 Å². The molecule has 1 aliphatic carbocycles. The number of anilines is 1. The molecule has 1 saturated carbocycles. The Morgan fingerprint density at radius 2 is 1.97 bits per heavy atom. The molecule has 1 N–H and O–H groups in total. The van der Waals surface area contributed by atoms with Crippen LogP contribution >= 0.6 is 11.8 Å². The number of aromatic nitrogens is 4. The number of carbonyl (C=O) groups is 2. The van der Waals surface area contributed by atoms with Crippen molar-refractivity contribution >= 4 is 29.3 Å². The second-order valence-corrected chi connectivity index (χ2v) is 8.53. The van der Waals surface area contributed by atoms with Gasteiger partial charge in [0.15, 0.2) is 0 Å². The molecule has 31 heavy (non-hydrogen) atoms. The summed E-state index contributed by atoms with van der Waals surface area (Å²) in [7, 11) is 0.